The fourth-order valence-electron chi connectivity index (χ4n) is 3.84. The van der Waals surface area contributed by atoms with Crippen LogP contribution in [0, 0.1) is 0 Å². The van der Waals surface area contributed by atoms with Crippen molar-refractivity contribution in [1.82, 2.24) is 10.6 Å². The molecule has 8 nitrogen and oxygen atoms in total. The Kier molecular flexibility index (Phi) is 8.21. The zero-order valence-electron chi connectivity index (χ0n) is 18.0. The number of fused-ring (bicyclic) bond motifs is 3. The first-order valence-corrected chi connectivity index (χ1v) is 10.6. The Bertz CT molecular complexity index is 916. The monoisotopic (exact) mass is 440 g/mol. The zero-order valence-corrected chi connectivity index (χ0v) is 18.0. The molecule has 2 aromatic carbocycles. The fraction of sp³-hybridized carbons (Fsp3) is 0.375. The molecule has 0 radical (unpaired) electrons. The van der Waals surface area contributed by atoms with Crippen molar-refractivity contribution in [1.29, 1.82) is 0 Å². The van der Waals surface area contributed by atoms with E-state index in [2.05, 4.69) is 22.8 Å². The minimum absolute atomic E-state index is 0.0336. The molecule has 1 aliphatic rings. The van der Waals surface area contributed by atoms with Gasteiger partial charge in [0.1, 0.15) is 6.61 Å². The lowest BCUT2D eigenvalue weighted by atomic mass is 9.98. The van der Waals surface area contributed by atoms with Gasteiger partial charge in [0.15, 0.2) is 6.10 Å². The highest BCUT2D eigenvalue weighted by Gasteiger charge is 2.29. The number of hydrogen-bond donors (Lipinski definition) is 3. The molecule has 0 heterocycles. The van der Waals surface area contributed by atoms with Gasteiger partial charge in [0, 0.05) is 26.0 Å². The Morgan fingerprint density at radius 1 is 0.969 bits per heavy atom. The number of alkyl carbamates (subject to hydrolysis) is 1. The minimum Gasteiger partial charge on any atom is -0.481 e. The summed E-state index contributed by atoms with van der Waals surface area (Å²) in [6, 6.07) is 16.2. The van der Waals surface area contributed by atoms with Crippen molar-refractivity contribution in [3.05, 3.63) is 59.7 Å². The quantitative estimate of drug-likeness (QED) is 0.463. The van der Waals surface area contributed by atoms with E-state index >= 15 is 0 Å². The summed E-state index contributed by atoms with van der Waals surface area (Å²) in [6.07, 6.45) is -0.398. The van der Waals surface area contributed by atoms with Crippen molar-refractivity contribution in [2.24, 2.45) is 0 Å². The van der Waals surface area contributed by atoms with E-state index in [0.29, 0.717) is 19.4 Å². The maximum absolute atomic E-state index is 12.3. The number of nitrogens with one attached hydrogen (secondary N) is 2. The molecule has 1 aliphatic carbocycles. The lowest BCUT2D eigenvalue weighted by Gasteiger charge is -2.17. The Labute approximate surface area is 186 Å². The number of hydrogen-bond acceptors (Lipinski definition) is 5. The number of amides is 2. The normalized spacial score (nSPS) is 13.0. The Morgan fingerprint density at radius 2 is 1.59 bits per heavy atom. The minimum atomic E-state index is -0.866. The summed E-state index contributed by atoms with van der Waals surface area (Å²) < 4.78 is 10.6. The molecule has 170 valence electrons. The maximum atomic E-state index is 12.3. The average molecular weight is 440 g/mol. The van der Waals surface area contributed by atoms with E-state index in [1.54, 1.807) is 0 Å². The SMILES string of the molecule is COC(CNC(=O)OCC1c2ccccc2-c2ccccc21)C(=O)NCCCCC(=O)O. The third kappa shape index (κ3) is 5.85. The first-order chi connectivity index (χ1) is 15.5. The largest absolute Gasteiger partial charge is 0.481 e. The Morgan fingerprint density at radius 3 is 2.19 bits per heavy atom. The zero-order chi connectivity index (χ0) is 22.9. The highest BCUT2D eigenvalue weighted by molar-refractivity contribution is 5.82. The van der Waals surface area contributed by atoms with Gasteiger partial charge in [-0.25, -0.2) is 4.79 Å². The van der Waals surface area contributed by atoms with Crippen LogP contribution in [0.1, 0.15) is 36.3 Å². The van der Waals surface area contributed by atoms with Crippen LogP contribution in [0.5, 0.6) is 0 Å². The maximum Gasteiger partial charge on any atom is 0.407 e. The third-order valence-corrected chi connectivity index (χ3v) is 5.47. The molecule has 1 unspecified atom stereocenters. The number of carbonyl (C=O) groups is 3. The summed E-state index contributed by atoms with van der Waals surface area (Å²) in [5, 5.41) is 13.9. The van der Waals surface area contributed by atoms with Crippen LogP contribution in [0.3, 0.4) is 0 Å². The summed E-state index contributed by atoms with van der Waals surface area (Å²) in [5.41, 5.74) is 4.55. The Hall–Kier alpha value is -3.39. The standard InChI is InChI=1S/C24H28N2O6/c1-31-21(23(29)25-13-7-6-12-22(27)28)14-26-24(30)32-15-20-18-10-4-2-8-16(18)17-9-3-5-11-19(17)20/h2-5,8-11,20-21H,6-7,12-15H2,1H3,(H,25,29)(H,26,30)(H,27,28). The lowest BCUT2D eigenvalue weighted by Crippen LogP contribution is -2.44. The van der Waals surface area contributed by atoms with Crippen molar-refractivity contribution < 1.29 is 29.0 Å². The van der Waals surface area contributed by atoms with E-state index in [1.165, 1.54) is 7.11 Å². The molecule has 3 N–H and O–H groups in total. The van der Waals surface area contributed by atoms with Crippen LogP contribution in [0.2, 0.25) is 0 Å². The Balaban J connectivity index is 1.45. The van der Waals surface area contributed by atoms with Crippen LogP contribution in [-0.2, 0) is 19.1 Å². The molecule has 1 atom stereocenters. The molecule has 2 aromatic rings. The van der Waals surface area contributed by atoms with E-state index in [4.69, 9.17) is 14.6 Å². The summed E-state index contributed by atoms with van der Waals surface area (Å²) in [4.78, 5) is 34.9. The van der Waals surface area contributed by atoms with E-state index in [9.17, 15) is 14.4 Å². The van der Waals surface area contributed by atoms with Crippen molar-refractivity contribution in [2.45, 2.75) is 31.3 Å². The van der Waals surface area contributed by atoms with E-state index in [-0.39, 0.29) is 31.4 Å². The van der Waals surface area contributed by atoms with Crippen LogP contribution in [0.4, 0.5) is 4.79 Å². The van der Waals surface area contributed by atoms with E-state index in [1.807, 2.05) is 36.4 Å². The third-order valence-electron chi connectivity index (χ3n) is 5.47. The lowest BCUT2D eigenvalue weighted by molar-refractivity contribution is -0.137. The predicted molar refractivity (Wildman–Crippen MR) is 118 cm³/mol. The van der Waals surface area contributed by atoms with Gasteiger partial charge in [-0.2, -0.15) is 0 Å². The summed E-state index contributed by atoms with van der Waals surface area (Å²) in [6.45, 7) is 0.498. The van der Waals surface area contributed by atoms with Gasteiger partial charge in [-0.05, 0) is 35.1 Å². The molecular formula is C24H28N2O6. The number of methoxy groups -OCH3 is 1. The van der Waals surface area contributed by atoms with Crippen LogP contribution in [0.15, 0.2) is 48.5 Å². The number of aliphatic carboxylic acids is 1. The van der Waals surface area contributed by atoms with E-state index in [0.717, 1.165) is 22.3 Å². The van der Waals surface area contributed by atoms with E-state index < -0.39 is 18.2 Å². The van der Waals surface area contributed by atoms with Crippen LogP contribution in [-0.4, -0.2) is 56.0 Å². The van der Waals surface area contributed by atoms with Crippen molar-refractivity contribution >= 4 is 18.0 Å². The molecular weight excluding hydrogens is 412 g/mol. The number of unbranched alkanes of at least 4 members (excludes halogenated alkanes) is 1. The highest BCUT2D eigenvalue weighted by atomic mass is 16.5. The van der Waals surface area contributed by atoms with Gasteiger partial charge in [0.25, 0.3) is 5.91 Å². The topological polar surface area (TPSA) is 114 Å². The number of carbonyl (C=O) groups excluding carboxylic acids is 2. The molecule has 0 saturated carbocycles. The second kappa shape index (κ2) is 11.3. The van der Waals surface area contributed by atoms with Gasteiger partial charge in [0.2, 0.25) is 0 Å². The van der Waals surface area contributed by atoms with Gasteiger partial charge in [-0.3, -0.25) is 9.59 Å². The van der Waals surface area contributed by atoms with Gasteiger partial charge < -0.3 is 25.2 Å². The molecule has 2 amide bonds. The van der Waals surface area contributed by atoms with Crippen LogP contribution in [0.25, 0.3) is 11.1 Å². The van der Waals surface area contributed by atoms with Gasteiger partial charge >= 0.3 is 12.1 Å². The summed E-state index contributed by atoms with van der Waals surface area (Å²) in [5.74, 6) is -1.28. The smallest absolute Gasteiger partial charge is 0.407 e. The molecule has 0 spiro atoms. The average Bonchev–Trinajstić information content (AvgIpc) is 3.11. The summed E-state index contributed by atoms with van der Waals surface area (Å²) >= 11 is 0. The molecule has 3 rings (SSSR count). The van der Waals surface area contributed by atoms with Crippen molar-refractivity contribution in [3.63, 3.8) is 0 Å². The van der Waals surface area contributed by atoms with Gasteiger partial charge in [-0.1, -0.05) is 48.5 Å². The van der Waals surface area contributed by atoms with Crippen LogP contribution < -0.4 is 10.6 Å². The second-order valence-corrected chi connectivity index (χ2v) is 7.57. The number of carboxylic acid groups (broad SMARTS) is 1. The number of carboxylic acids is 1. The molecule has 32 heavy (non-hydrogen) atoms. The predicted octanol–water partition coefficient (Wildman–Crippen LogP) is 2.91. The second-order valence-electron chi connectivity index (χ2n) is 7.57. The number of benzene rings is 2. The van der Waals surface area contributed by atoms with Gasteiger partial charge in [0.05, 0.1) is 6.54 Å². The summed E-state index contributed by atoms with van der Waals surface area (Å²) in [7, 11) is 1.38. The molecule has 0 aromatic heterocycles. The van der Waals surface area contributed by atoms with Gasteiger partial charge in [-0.15, -0.1) is 0 Å². The number of rotatable bonds is 11. The van der Waals surface area contributed by atoms with Crippen molar-refractivity contribution in [2.75, 3.05) is 26.8 Å². The molecule has 0 aliphatic heterocycles. The first-order valence-electron chi connectivity index (χ1n) is 10.6. The first kappa shape index (κ1) is 23.3. The molecule has 0 bridgehead atoms. The molecule has 0 fully saturated rings. The highest BCUT2D eigenvalue weighted by Crippen LogP contribution is 2.44. The fourth-order valence-corrected chi connectivity index (χ4v) is 3.84. The molecule has 0 saturated heterocycles. The van der Waals surface area contributed by atoms with Crippen molar-refractivity contribution in [3.8, 4) is 11.1 Å². The number of ether oxygens (including phenoxy) is 2. The molecule has 8 heteroatoms. The van der Waals surface area contributed by atoms with Crippen LogP contribution >= 0.6 is 0 Å².